The van der Waals surface area contributed by atoms with Gasteiger partial charge < -0.3 is 10.4 Å². The number of anilines is 1. The van der Waals surface area contributed by atoms with Crippen molar-refractivity contribution in [3.8, 4) is 0 Å². The van der Waals surface area contributed by atoms with Gasteiger partial charge in [0, 0.05) is 17.8 Å². The molecule has 0 unspecified atom stereocenters. The maximum absolute atomic E-state index is 12.5. The summed E-state index contributed by atoms with van der Waals surface area (Å²) in [6.07, 6.45) is 8.04. The smallest absolute Gasteiger partial charge is 0.337 e. The summed E-state index contributed by atoms with van der Waals surface area (Å²) in [7, 11) is -3.68. The predicted molar refractivity (Wildman–Crippen MR) is 91.9 cm³/mol. The summed E-state index contributed by atoms with van der Waals surface area (Å²) in [6.45, 7) is 0. The van der Waals surface area contributed by atoms with E-state index in [4.69, 9.17) is 0 Å². The Hall–Kier alpha value is -1.60. The lowest BCUT2D eigenvalue weighted by molar-refractivity contribution is 0.0697. The van der Waals surface area contributed by atoms with Crippen LogP contribution in [-0.2, 0) is 10.0 Å². The van der Waals surface area contributed by atoms with Crippen LogP contribution in [0.3, 0.4) is 0 Å². The molecule has 2 aliphatic carbocycles. The molecule has 0 radical (unpaired) electrons. The van der Waals surface area contributed by atoms with E-state index in [9.17, 15) is 18.3 Å². The van der Waals surface area contributed by atoms with Crippen LogP contribution in [0, 0.1) is 0 Å². The summed E-state index contributed by atoms with van der Waals surface area (Å²) in [6, 6.07) is 4.55. The number of rotatable bonds is 6. The minimum absolute atomic E-state index is 0.0104. The van der Waals surface area contributed by atoms with Gasteiger partial charge in [0.25, 0.3) is 0 Å². The molecule has 1 aromatic rings. The van der Waals surface area contributed by atoms with E-state index in [-0.39, 0.29) is 22.5 Å². The van der Waals surface area contributed by atoms with Gasteiger partial charge in [-0.25, -0.2) is 17.9 Å². The molecule has 24 heavy (non-hydrogen) atoms. The molecule has 0 amide bonds. The second-order valence-corrected chi connectivity index (χ2v) is 8.45. The third-order valence-electron chi connectivity index (χ3n) is 4.92. The first-order valence-corrected chi connectivity index (χ1v) is 10.1. The highest BCUT2D eigenvalue weighted by Gasteiger charge is 2.25. The van der Waals surface area contributed by atoms with Crippen molar-refractivity contribution in [2.24, 2.45) is 0 Å². The molecule has 0 aliphatic heterocycles. The summed E-state index contributed by atoms with van der Waals surface area (Å²) in [5.74, 6) is -1.12. The van der Waals surface area contributed by atoms with E-state index in [0.717, 1.165) is 51.4 Å². The Bertz CT molecular complexity index is 705. The highest BCUT2D eigenvalue weighted by Crippen LogP contribution is 2.27. The van der Waals surface area contributed by atoms with Crippen LogP contribution in [0.5, 0.6) is 0 Å². The Morgan fingerprint density at radius 3 is 2.17 bits per heavy atom. The Balaban J connectivity index is 1.83. The summed E-state index contributed by atoms with van der Waals surface area (Å²) >= 11 is 0. The van der Waals surface area contributed by atoms with Crippen molar-refractivity contribution in [3.63, 3.8) is 0 Å². The molecule has 2 saturated carbocycles. The van der Waals surface area contributed by atoms with Gasteiger partial charge >= 0.3 is 5.97 Å². The van der Waals surface area contributed by atoms with E-state index in [0.29, 0.717) is 5.69 Å². The van der Waals surface area contributed by atoms with E-state index < -0.39 is 16.0 Å². The Labute approximate surface area is 142 Å². The van der Waals surface area contributed by atoms with Gasteiger partial charge in [0.2, 0.25) is 10.0 Å². The van der Waals surface area contributed by atoms with Crippen molar-refractivity contribution in [2.75, 3.05) is 5.32 Å². The van der Waals surface area contributed by atoms with Crippen molar-refractivity contribution in [3.05, 3.63) is 23.8 Å². The van der Waals surface area contributed by atoms with Crippen LogP contribution in [0.4, 0.5) is 5.69 Å². The first-order valence-electron chi connectivity index (χ1n) is 8.62. The molecular formula is C17H24N2O4S. The molecular weight excluding hydrogens is 328 g/mol. The molecule has 0 aromatic heterocycles. The quantitative estimate of drug-likeness (QED) is 0.731. The molecule has 6 nitrogen and oxygen atoms in total. The highest BCUT2D eigenvalue weighted by atomic mass is 32.2. The van der Waals surface area contributed by atoms with Crippen LogP contribution in [0.2, 0.25) is 0 Å². The summed E-state index contributed by atoms with van der Waals surface area (Å²) < 4.78 is 27.7. The topological polar surface area (TPSA) is 95.5 Å². The van der Waals surface area contributed by atoms with Gasteiger partial charge in [0.05, 0.1) is 10.5 Å². The van der Waals surface area contributed by atoms with Crippen LogP contribution < -0.4 is 10.0 Å². The molecule has 1 aromatic carbocycles. The molecule has 3 N–H and O–H groups in total. The Morgan fingerprint density at radius 1 is 1.00 bits per heavy atom. The maximum atomic E-state index is 12.5. The maximum Gasteiger partial charge on any atom is 0.337 e. The number of aromatic carboxylic acids is 1. The van der Waals surface area contributed by atoms with E-state index in [1.807, 2.05) is 0 Å². The number of carboxylic acid groups (broad SMARTS) is 1. The van der Waals surface area contributed by atoms with Crippen LogP contribution in [-0.4, -0.2) is 31.6 Å². The van der Waals surface area contributed by atoms with Crippen LogP contribution in [0.15, 0.2) is 23.1 Å². The Kier molecular flexibility index (Phi) is 5.10. The third-order valence-corrected chi connectivity index (χ3v) is 6.44. The first-order chi connectivity index (χ1) is 11.5. The number of hydrogen-bond donors (Lipinski definition) is 3. The first kappa shape index (κ1) is 17.2. The van der Waals surface area contributed by atoms with Gasteiger partial charge in [-0.1, -0.05) is 25.7 Å². The number of carboxylic acids is 1. The van der Waals surface area contributed by atoms with Gasteiger partial charge in [-0.15, -0.1) is 0 Å². The van der Waals surface area contributed by atoms with Gasteiger partial charge in [0.15, 0.2) is 0 Å². The largest absolute Gasteiger partial charge is 0.478 e. The van der Waals surface area contributed by atoms with Crippen molar-refractivity contribution >= 4 is 21.7 Å². The highest BCUT2D eigenvalue weighted by molar-refractivity contribution is 7.89. The van der Waals surface area contributed by atoms with Crippen LogP contribution >= 0.6 is 0 Å². The molecule has 2 fully saturated rings. The lowest BCUT2D eigenvalue weighted by Gasteiger charge is -2.17. The number of sulfonamides is 1. The Morgan fingerprint density at radius 2 is 1.58 bits per heavy atom. The lowest BCUT2D eigenvalue weighted by Crippen LogP contribution is -2.32. The second-order valence-electron chi connectivity index (χ2n) is 6.74. The molecule has 2 aliphatic rings. The van der Waals surface area contributed by atoms with E-state index >= 15 is 0 Å². The fourth-order valence-electron chi connectivity index (χ4n) is 3.61. The molecule has 7 heteroatoms. The van der Waals surface area contributed by atoms with Crippen molar-refractivity contribution < 1.29 is 18.3 Å². The minimum Gasteiger partial charge on any atom is -0.478 e. The van der Waals surface area contributed by atoms with E-state index in [1.54, 1.807) is 6.07 Å². The SMILES string of the molecule is O=C(O)c1cc(S(=O)(=O)NC2CCCC2)ccc1NC1CCCC1. The normalized spacial score (nSPS) is 19.7. The number of nitrogens with one attached hydrogen (secondary N) is 2. The molecule has 132 valence electrons. The zero-order chi connectivity index (χ0) is 17.2. The fourth-order valence-corrected chi connectivity index (χ4v) is 4.95. The molecule has 0 heterocycles. The summed E-state index contributed by atoms with van der Waals surface area (Å²) in [5.41, 5.74) is 0.505. The molecule has 3 rings (SSSR count). The monoisotopic (exact) mass is 352 g/mol. The standard InChI is InChI=1S/C17H24N2O4S/c20-17(21)15-11-14(24(22,23)19-13-7-3-4-8-13)9-10-16(15)18-12-5-1-2-6-12/h9-13,18-19H,1-8H2,(H,20,21). The summed E-state index contributed by atoms with van der Waals surface area (Å²) in [5, 5.41) is 12.7. The number of hydrogen-bond acceptors (Lipinski definition) is 4. The number of carbonyl (C=O) groups is 1. The van der Waals surface area contributed by atoms with Gasteiger partial charge in [-0.05, 0) is 43.9 Å². The minimum atomic E-state index is -3.68. The molecule has 0 atom stereocenters. The molecule has 0 saturated heterocycles. The van der Waals surface area contributed by atoms with Crippen molar-refractivity contribution in [1.29, 1.82) is 0 Å². The second kappa shape index (κ2) is 7.11. The predicted octanol–water partition coefficient (Wildman–Crippen LogP) is 2.96. The lowest BCUT2D eigenvalue weighted by atomic mass is 10.1. The van der Waals surface area contributed by atoms with Crippen molar-refractivity contribution in [2.45, 2.75) is 68.3 Å². The van der Waals surface area contributed by atoms with Crippen LogP contribution in [0.1, 0.15) is 61.7 Å². The number of benzene rings is 1. The average Bonchev–Trinajstić information content (AvgIpc) is 3.20. The van der Waals surface area contributed by atoms with Crippen LogP contribution in [0.25, 0.3) is 0 Å². The molecule has 0 spiro atoms. The molecule has 0 bridgehead atoms. The fraction of sp³-hybridized carbons (Fsp3) is 0.588. The zero-order valence-electron chi connectivity index (χ0n) is 13.6. The average molecular weight is 352 g/mol. The van der Waals surface area contributed by atoms with E-state index in [1.165, 1.54) is 12.1 Å². The van der Waals surface area contributed by atoms with Crippen molar-refractivity contribution in [1.82, 2.24) is 4.72 Å². The summed E-state index contributed by atoms with van der Waals surface area (Å²) in [4.78, 5) is 11.6. The van der Waals surface area contributed by atoms with Gasteiger partial charge in [0.1, 0.15) is 0 Å². The van der Waals surface area contributed by atoms with Gasteiger partial charge in [-0.2, -0.15) is 0 Å². The third kappa shape index (κ3) is 3.89. The van der Waals surface area contributed by atoms with Gasteiger partial charge in [-0.3, -0.25) is 0 Å². The van der Waals surface area contributed by atoms with E-state index in [2.05, 4.69) is 10.0 Å². The zero-order valence-corrected chi connectivity index (χ0v) is 14.4.